The quantitative estimate of drug-likeness (QED) is 0.745. The molecule has 0 spiro atoms. The van der Waals surface area contributed by atoms with Crippen LogP contribution in [-0.4, -0.2) is 11.8 Å². The summed E-state index contributed by atoms with van der Waals surface area (Å²) in [5.41, 5.74) is 2.38. The van der Waals surface area contributed by atoms with E-state index in [1.165, 1.54) is 12.1 Å². The van der Waals surface area contributed by atoms with Crippen LogP contribution in [0, 0.1) is 19.7 Å². The summed E-state index contributed by atoms with van der Waals surface area (Å²) in [6, 6.07) is 9.35. The molecule has 4 heteroatoms. The fourth-order valence-corrected chi connectivity index (χ4v) is 2.65. The van der Waals surface area contributed by atoms with E-state index in [0.717, 1.165) is 4.90 Å². The average molecular weight is 269 g/mol. The van der Waals surface area contributed by atoms with E-state index < -0.39 is 0 Å². The molecule has 2 aromatic carbocycles. The van der Waals surface area contributed by atoms with Crippen LogP contribution in [-0.2, 0) is 0 Å². The lowest BCUT2D eigenvalue weighted by molar-refractivity contribution is 0.0925. The summed E-state index contributed by atoms with van der Waals surface area (Å²) in [4.78, 5) is 26.0. The van der Waals surface area contributed by atoms with Gasteiger partial charge >= 0.3 is 0 Å². The van der Waals surface area contributed by atoms with E-state index in [4.69, 9.17) is 0 Å². The summed E-state index contributed by atoms with van der Waals surface area (Å²) in [5.74, 6) is -1.09. The third-order valence-corrected chi connectivity index (χ3v) is 3.47. The first-order valence-corrected chi connectivity index (χ1v) is 6.25. The van der Waals surface area contributed by atoms with Crippen LogP contribution in [0.5, 0.6) is 0 Å². The van der Waals surface area contributed by atoms with E-state index in [2.05, 4.69) is 0 Å². The second kappa shape index (κ2) is 4.27. The van der Waals surface area contributed by atoms with Crippen LogP contribution >= 0.6 is 0 Å². The number of rotatable bonds is 1. The molecule has 0 fully saturated rings. The summed E-state index contributed by atoms with van der Waals surface area (Å²) in [6.07, 6.45) is 0. The maximum absolute atomic E-state index is 13.4. The Balaban J connectivity index is 2.19. The lowest BCUT2D eigenvalue weighted by atomic mass is 10.1. The Morgan fingerprint density at radius 3 is 1.80 bits per heavy atom. The van der Waals surface area contributed by atoms with Gasteiger partial charge in [0.05, 0.1) is 16.8 Å². The number of amides is 2. The molecule has 0 saturated heterocycles. The number of hydrogen-bond acceptors (Lipinski definition) is 2. The van der Waals surface area contributed by atoms with Crippen molar-refractivity contribution >= 4 is 17.5 Å². The number of hydrogen-bond donors (Lipinski definition) is 0. The Morgan fingerprint density at radius 2 is 1.35 bits per heavy atom. The van der Waals surface area contributed by atoms with Crippen molar-refractivity contribution in [3.05, 3.63) is 64.5 Å². The molecule has 0 radical (unpaired) electrons. The minimum absolute atomic E-state index is 0.358. The van der Waals surface area contributed by atoms with E-state index >= 15 is 0 Å². The molecule has 0 aromatic heterocycles. The minimum Gasteiger partial charge on any atom is -0.268 e. The molecule has 0 unspecified atom stereocenters. The molecule has 1 aliphatic heterocycles. The van der Waals surface area contributed by atoms with Crippen molar-refractivity contribution in [3.63, 3.8) is 0 Å². The predicted octanol–water partition coefficient (Wildman–Crippen LogP) is 3.24. The number of fused-ring (bicyclic) bond motifs is 1. The van der Waals surface area contributed by atoms with Crippen molar-refractivity contribution in [1.82, 2.24) is 0 Å². The van der Waals surface area contributed by atoms with Crippen molar-refractivity contribution < 1.29 is 14.0 Å². The lowest BCUT2D eigenvalue weighted by Gasteiger charge is -2.19. The van der Waals surface area contributed by atoms with Gasteiger partial charge in [-0.25, -0.2) is 9.29 Å². The standard InChI is InChI=1S/C16H12FNO2/c1-9-7-11(17)8-10(2)14(9)18-15(19)12-5-3-4-6-13(12)16(18)20/h3-8H,1-2H3. The zero-order chi connectivity index (χ0) is 14.4. The number of benzene rings is 2. The Labute approximate surface area is 115 Å². The van der Waals surface area contributed by atoms with Gasteiger partial charge < -0.3 is 0 Å². The number of halogens is 1. The first kappa shape index (κ1) is 12.5. The van der Waals surface area contributed by atoms with Crippen LogP contribution in [0.15, 0.2) is 36.4 Å². The Hall–Kier alpha value is -2.49. The molecule has 2 amide bonds. The molecule has 0 atom stereocenters. The molecule has 0 bridgehead atoms. The average Bonchev–Trinajstić information content (AvgIpc) is 2.64. The van der Waals surface area contributed by atoms with Gasteiger partial charge in [-0.05, 0) is 49.2 Å². The van der Waals surface area contributed by atoms with Crippen LogP contribution < -0.4 is 4.90 Å². The summed E-state index contributed by atoms with van der Waals surface area (Å²) in [5, 5.41) is 0. The molecule has 100 valence electrons. The van der Waals surface area contributed by atoms with Crippen molar-refractivity contribution in [2.24, 2.45) is 0 Å². The maximum atomic E-state index is 13.4. The summed E-state index contributed by atoms with van der Waals surface area (Å²) >= 11 is 0. The molecular weight excluding hydrogens is 257 g/mol. The highest BCUT2D eigenvalue weighted by Gasteiger charge is 2.37. The number of carbonyl (C=O) groups excluding carboxylic acids is 2. The van der Waals surface area contributed by atoms with Crippen molar-refractivity contribution in [2.45, 2.75) is 13.8 Å². The number of carbonyl (C=O) groups is 2. The van der Waals surface area contributed by atoms with Crippen molar-refractivity contribution in [2.75, 3.05) is 4.90 Å². The number of imide groups is 1. The fourth-order valence-electron chi connectivity index (χ4n) is 2.65. The van der Waals surface area contributed by atoms with Gasteiger partial charge in [0.2, 0.25) is 0 Å². The first-order valence-electron chi connectivity index (χ1n) is 6.25. The van der Waals surface area contributed by atoms with Gasteiger partial charge in [-0.1, -0.05) is 12.1 Å². The van der Waals surface area contributed by atoms with E-state index in [1.54, 1.807) is 38.1 Å². The van der Waals surface area contributed by atoms with E-state index in [9.17, 15) is 14.0 Å². The molecule has 3 rings (SSSR count). The van der Waals surface area contributed by atoms with Gasteiger partial charge in [-0.3, -0.25) is 9.59 Å². The Bertz CT molecular complexity index is 694. The predicted molar refractivity (Wildman–Crippen MR) is 73.5 cm³/mol. The molecular formula is C16H12FNO2. The highest BCUT2D eigenvalue weighted by Crippen LogP contribution is 2.33. The van der Waals surface area contributed by atoms with Gasteiger partial charge in [0.1, 0.15) is 5.82 Å². The normalized spacial score (nSPS) is 13.8. The lowest BCUT2D eigenvalue weighted by Crippen LogP contribution is -2.30. The van der Waals surface area contributed by atoms with Crippen molar-refractivity contribution in [1.29, 1.82) is 0 Å². The molecule has 1 heterocycles. The van der Waals surface area contributed by atoms with E-state index in [-0.39, 0.29) is 17.6 Å². The topological polar surface area (TPSA) is 37.4 Å². The summed E-state index contributed by atoms with van der Waals surface area (Å²) < 4.78 is 13.4. The molecule has 2 aromatic rings. The SMILES string of the molecule is Cc1cc(F)cc(C)c1N1C(=O)c2ccccc2C1=O. The number of anilines is 1. The van der Waals surface area contributed by atoms with Crippen LogP contribution in [0.1, 0.15) is 31.8 Å². The van der Waals surface area contributed by atoms with E-state index in [0.29, 0.717) is 27.9 Å². The molecule has 0 saturated carbocycles. The first-order chi connectivity index (χ1) is 9.50. The zero-order valence-corrected chi connectivity index (χ0v) is 11.1. The third kappa shape index (κ3) is 1.65. The second-order valence-electron chi connectivity index (χ2n) is 4.88. The van der Waals surface area contributed by atoms with Gasteiger partial charge in [-0.2, -0.15) is 0 Å². The molecule has 0 N–H and O–H groups in total. The smallest absolute Gasteiger partial charge is 0.266 e. The Kier molecular flexibility index (Phi) is 2.67. The third-order valence-electron chi connectivity index (χ3n) is 3.47. The highest BCUT2D eigenvalue weighted by atomic mass is 19.1. The highest BCUT2D eigenvalue weighted by molar-refractivity contribution is 6.34. The minimum atomic E-state index is -0.375. The van der Waals surface area contributed by atoms with Gasteiger partial charge in [0, 0.05) is 0 Å². The molecule has 3 nitrogen and oxygen atoms in total. The zero-order valence-electron chi connectivity index (χ0n) is 11.1. The largest absolute Gasteiger partial charge is 0.268 e. The number of nitrogens with zero attached hydrogens (tertiary/aromatic N) is 1. The van der Waals surface area contributed by atoms with Crippen LogP contribution in [0.4, 0.5) is 10.1 Å². The summed E-state index contributed by atoms with van der Waals surface area (Å²) in [7, 11) is 0. The van der Waals surface area contributed by atoms with Gasteiger partial charge in [-0.15, -0.1) is 0 Å². The summed E-state index contributed by atoms with van der Waals surface area (Å²) in [6.45, 7) is 3.38. The van der Waals surface area contributed by atoms with Crippen molar-refractivity contribution in [3.8, 4) is 0 Å². The molecule has 1 aliphatic rings. The molecule has 20 heavy (non-hydrogen) atoms. The van der Waals surface area contributed by atoms with Gasteiger partial charge in [0.15, 0.2) is 0 Å². The van der Waals surface area contributed by atoms with E-state index in [1.807, 2.05) is 0 Å². The Morgan fingerprint density at radius 1 is 0.900 bits per heavy atom. The molecule has 0 aliphatic carbocycles. The second-order valence-corrected chi connectivity index (χ2v) is 4.88. The monoisotopic (exact) mass is 269 g/mol. The van der Waals surface area contributed by atoms with Crippen LogP contribution in [0.25, 0.3) is 0 Å². The maximum Gasteiger partial charge on any atom is 0.266 e. The number of aryl methyl sites for hydroxylation is 2. The van der Waals surface area contributed by atoms with Gasteiger partial charge in [0.25, 0.3) is 11.8 Å². The fraction of sp³-hybridized carbons (Fsp3) is 0.125. The van der Waals surface area contributed by atoms with Crippen LogP contribution in [0.3, 0.4) is 0 Å². The van der Waals surface area contributed by atoms with Crippen LogP contribution in [0.2, 0.25) is 0 Å².